The van der Waals surface area contributed by atoms with E-state index in [1.165, 1.54) is 18.2 Å². The quantitative estimate of drug-likeness (QED) is 0.823. The van der Waals surface area contributed by atoms with Crippen molar-refractivity contribution in [3.05, 3.63) is 71.3 Å². The van der Waals surface area contributed by atoms with Gasteiger partial charge >= 0.3 is 0 Å². The Morgan fingerprint density at radius 1 is 1.07 bits per heavy atom. The van der Waals surface area contributed by atoms with Gasteiger partial charge < -0.3 is 5.32 Å². The number of amides is 1. The van der Waals surface area contributed by atoms with Crippen LogP contribution in [0.4, 0.5) is 8.78 Å². The normalized spacial score (nSPS) is 16.9. The molecule has 0 saturated carbocycles. The first-order valence-electron chi connectivity index (χ1n) is 9.56. The Bertz CT molecular complexity index is 738. The molecular formula is C22H26F2N2O. The Morgan fingerprint density at radius 3 is 2.33 bits per heavy atom. The molecule has 0 radical (unpaired) electrons. The summed E-state index contributed by atoms with van der Waals surface area (Å²) in [5.74, 6) is -0.942. The number of carbonyl (C=O) groups excluding carboxylic acids is 1. The monoisotopic (exact) mass is 372 g/mol. The summed E-state index contributed by atoms with van der Waals surface area (Å²) in [7, 11) is 0. The highest BCUT2D eigenvalue weighted by Crippen LogP contribution is 2.28. The molecule has 0 spiro atoms. The van der Waals surface area contributed by atoms with Crippen molar-refractivity contribution in [2.75, 3.05) is 13.1 Å². The fraction of sp³-hybridized carbons (Fsp3) is 0.409. The highest BCUT2D eigenvalue weighted by molar-refractivity contribution is 5.76. The van der Waals surface area contributed by atoms with Crippen LogP contribution in [0.2, 0.25) is 0 Å². The van der Waals surface area contributed by atoms with Gasteiger partial charge in [0.25, 0.3) is 0 Å². The van der Waals surface area contributed by atoms with E-state index in [4.69, 9.17) is 0 Å². The minimum absolute atomic E-state index is 0.0606. The maximum atomic E-state index is 14.0. The third-order valence-corrected chi connectivity index (χ3v) is 5.34. The fourth-order valence-electron chi connectivity index (χ4n) is 3.73. The van der Waals surface area contributed by atoms with Crippen molar-refractivity contribution in [3.8, 4) is 0 Å². The molecule has 1 saturated heterocycles. The lowest BCUT2D eigenvalue weighted by Gasteiger charge is -2.36. The molecule has 0 aliphatic carbocycles. The van der Waals surface area contributed by atoms with E-state index in [9.17, 15) is 13.6 Å². The first kappa shape index (κ1) is 19.5. The Labute approximate surface area is 159 Å². The van der Waals surface area contributed by atoms with Crippen molar-refractivity contribution >= 4 is 5.91 Å². The van der Waals surface area contributed by atoms with Crippen LogP contribution in [-0.2, 0) is 11.2 Å². The van der Waals surface area contributed by atoms with E-state index in [0.717, 1.165) is 24.8 Å². The molecule has 2 aromatic rings. The van der Waals surface area contributed by atoms with Crippen LogP contribution < -0.4 is 5.32 Å². The Balaban J connectivity index is 1.46. The summed E-state index contributed by atoms with van der Waals surface area (Å²) in [6.45, 7) is 3.25. The first-order chi connectivity index (χ1) is 13.0. The van der Waals surface area contributed by atoms with E-state index in [0.29, 0.717) is 19.5 Å². The molecule has 3 rings (SSSR count). The lowest BCUT2D eigenvalue weighted by atomic mass is 9.99. The molecule has 2 aromatic carbocycles. The Hall–Kier alpha value is -2.27. The number of piperidine rings is 1. The molecule has 1 fully saturated rings. The van der Waals surface area contributed by atoms with Crippen LogP contribution in [0.1, 0.15) is 43.4 Å². The van der Waals surface area contributed by atoms with Gasteiger partial charge in [-0.05, 0) is 43.9 Å². The average Bonchev–Trinajstić information content (AvgIpc) is 2.67. The van der Waals surface area contributed by atoms with Gasteiger partial charge in [-0.25, -0.2) is 8.78 Å². The summed E-state index contributed by atoms with van der Waals surface area (Å²) < 4.78 is 28.0. The van der Waals surface area contributed by atoms with Crippen LogP contribution >= 0.6 is 0 Å². The summed E-state index contributed by atoms with van der Waals surface area (Å²) in [4.78, 5) is 14.3. The molecule has 1 atom stereocenters. The van der Waals surface area contributed by atoms with Gasteiger partial charge in [0.15, 0.2) is 0 Å². The second kappa shape index (κ2) is 9.09. The van der Waals surface area contributed by atoms with Gasteiger partial charge in [-0.1, -0.05) is 36.4 Å². The van der Waals surface area contributed by atoms with Crippen LogP contribution in [0.25, 0.3) is 0 Å². The zero-order valence-corrected chi connectivity index (χ0v) is 15.6. The predicted octanol–water partition coefficient (Wildman–Crippen LogP) is 4.24. The number of carbonyl (C=O) groups is 1. The van der Waals surface area contributed by atoms with Crippen molar-refractivity contribution in [2.45, 2.75) is 44.7 Å². The maximum absolute atomic E-state index is 14.0. The highest BCUT2D eigenvalue weighted by Gasteiger charge is 2.27. The van der Waals surface area contributed by atoms with Gasteiger partial charge in [0.2, 0.25) is 5.91 Å². The number of halogens is 2. The third-order valence-electron chi connectivity index (χ3n) is 5.34. The molecule has 1 heterocycles. The summed E-state index contributed by atoms with van der Waals surface area (Å²) in [5, 5.41) is 3.10. The standard InChI is InChI=1S/C22H26F2N2O/c1-16(22-19(23)8-5-9-20(22)24)26-14-12-18(13-15-26)25-21(27)11-10-17-6-3-2-4-7-17/h2-9,16,18H,10-15H2,1H3,(H,25,27). The minimum Gasteiger partial charge on any atom is -0.353 e. The van der Waals surface area contributed by atoms with E-state index in [1.54, 1.807) is 0 Å². The first-order valence-corrected chi connectivity index (χ1v) is 9.56. The maximum Gasteiger partial charge on any atom is 0.220 e. The number of nitrogens with one attached hydrogen (secondary N) is 1. The van der Waals surface area contributed by atoms with Crippen LogP contribution in [-0.4, -0.2) is 29.9 Å². The largest absolute Gasteiger partial charge is 0.353 e. The number of aryl methyl sites for hydroxylation is 1. The number of rotatable bonds is 6. The molecule has 1 N–H and O–H groups in total. The summed E-state index contributed by atoms with van der Waals surface area (Å²) in [6.07, 6.45) is 2.78. The zero-order chi connectivity index (χ0) is 19.2. The van der Waals surface area contributed by atoms with E-state index >= 15 is 0 Å². The van der Waals surface area contributed by atoms with Crippen LogP contribution in [0.15, 0.2) is 48.5 Å². The van der Waals surface area contributed by atoms with Crippen molar-refractivity contribution in [3.63, 3.8) is 0 Å². The summed E-state index contributed by atoms with van der Waals surface area (Å²) >= 11 is 0. The second-order valence-corrected chi connectivity index (χ2v) is 7.17. The van der Waals surface area contributed by atoms with Gasteiger partial charge in [0, 0.05) is 37.2 Å². The number of hydrogen-bond acceptors (Lipinski definition) is 2. The number of nitrogens with zero attached hydrogens (tertiary/aromatic N) is 1. The van der Waals surface area contributed by atoms with Crippen molar-refractivity contribution < 1.29 is 13.6 Å². The minimum atomic E-state index is -0.501. The van der Waals surface area contributed by atoms with Crippen molar-refractivity contribution in [2.24, 2.45) is 0 Å². The molecule has 1 aliphatic heterocycles. The number of benzene rings is 2. The van der Waals surface area contributed by atoms with Crippen LogP contribution in [0.5, 0.6) is 0 Å². The Kier molecular flexibility index (Phi) is 6.56. The molecule has 144 valence electrons. The fourth-order valence-corrected chi connectivity index (χ4v) is 3.73. The van der Waals surface area contributed by atoms with E-state index < -0.39 is 11.6 Å². The number of likely N-dealkylation sites (tertiary alicyclic amines) is 1. The SMILES string of the molecule is CC(c1c(F)cccc1F)N1CCC(NC(=O)CCc2ccccc2)CC1. The summed E-state index contributed by atoms with van der Waals surface area (Å²) in [5.41, 5.74) is 1.28. The smallest absolute Gasteiger partial charge is 0.220 e. The lowest BCUT2D eigenvalue weighted by Crippen LogP contribution is -2.45. The van der Waals surface area contributed by atoms with Gasteiger partial charge in [-0.3, -0.25) is 9.69 Å². The van der Waals surface area contributed by atoms with Gasteiger partial charge in [-0.2, -0.15) is 0 Å². The van der Waals surface area contributed by atoms with Crippen molar-refractivity contribution in [1.82, 2.24) is 10.2 Å². The molecule has 0 bridgehead atoms. The predicted molar refractivity (Wildman–Crippen MR) is 102 cm³/mol. The molecule has 3 nitrogen and oxygen atoms in total. The molecule has 1 amide bonds. The molecule has 1 aliphatic rings. The molecule has 1 unspecified atom stereocenters. The third kappa shape index (κ3) is 5.13. The van der Waals surface area contributed by atoms with E-state index in [2.05, 4.69) is 10.2 Å². The second-order valence-electron chi connectivity index (χ2n) is 7.17. The molecule has 27 heavy (non-hydrogen) atoms. The van der Waals surface area contributed by atoms with E-state index in [1.807, 2.05) is 37.3 Å². The average molecular weight is 372 g/mol. The summed E-state index contributed by atoms with van der Waals surface area (Å²) in [6, 6.07) is 13.8. The van der Waals surface area contributed by atoms with E-state index in [-0.39, 0.29) is 23.6 Å². The molecule has 5 heteroatoms. The van der Waals surface area contributed by atoms with Gasteiger partial charge in [-0.15, -0.1) is 0 Å². The zero-order valence-electron chi connectivity index (χ0n) is 15.6. The van der Waals surface area contributed by atoms with Gasteiger partial charge in [0.1, 0.15) is 11.6 Å². The molecular weight excluding hydrogens is 346 g/mol. The highest BCUT2D eigenvalue weighted by atomic mass is 19.1. The molecule has 0 aromatic heterocycles. The topological polar surface area (TPSA) is 32.3 Å². The Morgan fingerprint density at radius 2 is 1.70 bits per heavy atom. The van der Waals surface area contributed by atoms with Crippen LogP contribution in [0.3, 0.4) is 0 Å². The number of hydrogen-bond donors (Lipinski definition) is 1. The van der Waals surface area contributed by atoms with Crippen molar-refractivity contribution in [1.29, 1.82) is 0 Å². The van der Waals surface area contributed by atoms with Gasteiger partial charge in [0.05, 0.1) is 0 Å². The lowest BCUT2D eigenvalue weighted by molar-refractivity contribution is -0.122. The van der Waals surface area contributed by atoms with Crippen LogP contribution in [0, 0.1) is 11.6 Å².